The molecule has 1 unspecified atom stereocenters. The van der Waals surface area contributed by atoms with Crippen molar-refractivity contribution in [2.24, 2.45) is 0 Å². The van der Waals surface area contributed by atoms with E-state index >= 15 is 0 Å². The fourth-order valence-corrected chi connectivity index (χ4v) is 5.74. The van der Waals surface area contributed by atoms with Gasteiger partial charge in [0.25, 0.3) is 5.91 Å². The van der Waals surface area contributed by atoms with Crippen molar-refractivity contribution in [2.45, 2.75) is 26.8 Å². The number of benzene rings is 3. The van der Waals surface area contributed by atoms with Crippen LogP contribution in [0.5, 0.6) is 5.75 Å². The fraction of sp³-hybridized carbons (Fsp3) is 0.394. The number of fused-ring (bicyclic) bond motifs is 1. The number of carbonyl (C=O) groups excluding carboxylic acids is 2. The predicted octanol–water partition coefficient (Wildman–Crippen LogP) is 4.24. The van der Waals surface area contributed by atoms with Crippen molar-refractivity contribution < 1.29 is 27.5 Å². The zero-order valence-corrected chi connectivity index (χ0v) is 27.1. The molecule has 11 heteroatoms. The van der Waals surface area contributed by atoms with E-state index < -0.39 is 10.0 Å². The quantitative estimate of drug-likeness (QED) is 0.284. The Balaban J connectivity index is 1.61. The molecule has 0 saturated carbocycles. The van der Waals surface area contributed by atoms with Gasteiger partial charge in [0.2, 0.25) is 15.9 Å². The van der Waals surface area contributed by atoms with Gasteiger partial charge in [-0.05, 0) is 68.3 Å². The summed E-state index contributed by atoms with van der Waals surface area (Å²) in [5, 5.41) is 0. The van der Waals surface area contributed by atoms with Gasteiger partial charge in [-0.2, -0.15) is 0 Å². The molecule has 1 aliphatic rings. The Morgan fingerprint density at radius 2 is 1.75 bits per heavy atom. The van der Waals surface area contributed by atoms with Gasteiger partial charge in [0.1, 0.15) is 12.3 Å². The summed E-state index contributed by atoms with van der Waals surface area (Å²) in [6.45, 7) is 8.08. The molecule has 1 atom stereocenters. The number of nitrogens with zero attached hydrogens (tertiary/aromatic N) is 3. The summed E-state index contributed by atoms with van der Waals surface area (Å²) in [7, 11) is 0.285. The molecule has 0 aliphatic carbocycles. The average molecular weight is 623 g/mol. The highest BCUT2D eigenvalue weighted by Gasteiger charge is 2.31. The molecule has 236 valence electrons. The van der Waals surface area contributed by atoms with Crippen LogP contribution < -0.4 is 14.4 Å². The minimum atomic E-state index is -3.46. The first-order chi connectivity index (χ1) is 20.9. The van der Waals surface area contributed by atoms with E-state index in [0.29, 0.717) is 43.4 Å². The van der Waals surface area contributed by atoms with E-state index in [1.54, 1.807) is 24.1 Å². The van der Waals surface area contributed by atoms with Crippen LogP contribution in [0.4, 0.5) is 11.4 Å². The predicted molar refractivity (Wildman–Crippen MR) is 174 cm³/mol. The summed E-state index contributed by atoms with van der Waals surface area (Å²) in [4.78, 5) is 32.1. The standard InChI is InChI=1S/C33H42N4O6S/c1-7-42-17-16-35(4)20-30(26-14-12-25(13-15-26)27-10-8-9-11-28(27)34-44(6,40)41)36(5)32(38)21-37-29-18-23(2)24(3)19-31(29)43-22-33(37)39/h8-15,18-19,30,34H,7,16-17,20-22H2,1-6H3. The van der Waals surface area contributed by atoms with Gasteiger partial charge in [-0.1, -0.05) is 42.5 Å². The summed E-state index contributed by atoms with van der Waals surface area (Å²) in [6.07, 6.45) is 1.12. The van der Waals surface area contributed by atoms with Crippen molar-refractivity contribution in [1.82, 2.24) is 9.80 Å². The zero-order chi connectivity index (χ0) is 32.0. The maximum atomic E-state index is 13.8. The Bertz CT molecular complexity index is 1590. The van der Waals surface area contributed by atoms with Crippen LogP contribution in [0.1, 0.15) is 29.7 Å². The second-order valence-corrected chi connectivity index (χ2v) is 12.9. The largest absolute Gasteiger partial charge is 0.482 e. The van der Waals surface area contributed by atoms with E-state index in [-0.39, 0.29) is 31.0 Å². The molecule has 1 N–H and O–H groups in total. The van der Waals surface area contributed by atoms with E-state index in [9.17, 15) is 18.0 Å². The van der Waals surface area contributed by atoms with Crippen molar-refractivity contribution in [3.05, 3.63) is 77.4 Å². The Labute approximate surface area is 260 Å². The van der Waals surface area contributed by atoms with Crippen LogP contribution in [0.3, 0.4) is 0 Å². The van der Waals surface area contributed by atoms with Gasteiger partial charge in [0.15, 0.2) is 6.61 Å². The number of nitrogens with one attached hydrogen (secondary N) is 1. The van der Waals surface area contributed by atoms with Crippen LogP contribution in [-0.4, -0.2) is 89.8 Å². The number of amides is 2. The summed E-state index contributed by atoms with van der Waals surface area (Å²) >= 11 is 0. The molecule has 3 aromatic rings. The normalized spacial score (nSPS) is 13.8. The Morgan fingerprint density at radius 1 is 1.07 bits per heavy atom. The van der Waals surface area contributed by atoms with Crippen molar-refractivity contribution in [3.63, 3.8) is 0 Å². The van der Waals surface area contributed by atoms with Gasteiger partial charge in [-0.25, -0.2) is 8.42 Å². The van der Waals surface area contributed by atoms with Gasteiger partial charge in [0, 0.05) is 32.3 Å². The van der Waals surface area contributed by atoms with E-state index in [1.807, 2.05) is 76.3 Å². The summed E-state index contributed by atoms with van der Waals surface area (Å²) < 4.78 is 37.7. The molecule has 0 spiro atoms. The molecule has 0 radical (unpaired) electrons. The van der Waals surface area contributed by atoms with Crippen LogP contribution in [0.2, 0.25) is 0 Å². The summed E-state index contributed by atoms with van der Waals surface area (Å²) in [5.41, 5.74) is 5.63. The number of anilines is 2. The number of hydrogen-bond acceptors (Lipinski definition) is 7. The monoisotopic (exact) mass is 622 g/mol. The number of ether oxygens (including phenoxy) is 2. The molecule has 1 heterocycles. The molecule has 4 rings (SSSR count). The van der Waals surface area contributed by atoms with Crippen molar-refractivity contribution in [3.8, 4) is 16.9 Å². The van der Waals surface area contributed by atoms with Crippen molar-refractivity contribution in [2.75, 3.05) is 69.4 Å². The smallest absolute Gasteiger partial charge is 0.265 e. The maximum absolute atomic E-state index is 13.8. The third-order valence-electron chi connectivity index (χ3n) is 7.81. The number of hydrogen-bond donors (Lipinski definition) is 1. The third kappa shape index (κ3) is 8.16. The molecule has 1 aliphatic heterocycles. The molecule has 10 nitrogen and oxygen atoms in total. The van der Waals surface area contributed by atoms with Gasteiger partial charge < -0.3 is 19.3 Å². The molecule has 0 fully saturated rings. The van der Waals surface area contributed by atoms with E-state index in [1.165, 1.54) is 4.90 Å². The fourth-order valence-electron chi connectivity index (χ4n) is 5.16. The molecule has 2 amide bonds. The molecule has 0 saturated heterocycles. The van der Waals surface area contributed by atoms with Crippen LogP contribution in [0.25, 0.3) is 11.1 Å². The molecule has 0 aromatic heterocycles. The first-order valence-electron chi connectivity index (χ1n) is 14.6. The SMILES string of the molecule is CCOCCN(C)CC(c1ccc(-c2ccccc2NS(C)(=O)=O)cc1)N(C)C(=O)CN1C(=O)COc2cc(C)c(C)cc21. The molecular formula is C33H42N4O6S. The topological polar surface area (TPSA) is 108 Å². The minimum Gasteiger partial charge on any atom is -0.482 e. The number of aryl methyl sites for hydroxylation is 2. The Hall–Kier alpha value is -3.93. The lowest BCUT2D eigenvalue weighted by atomic mass is 9.98. The first-order valence-corrected chi connectivity index (χ1v) is 16.5. The Morgan fingerprint density at radius 3 is 2.43 bits per heavy atom. The highest BCUT2D eigenvalue weighted by atomic mass is 32.2. The molecule has 3 aromatic carbocycles. The third-order valence-corrected chi connectivity index (χ3v) is 8.40. The number of sulfonamides is 1. The summed E-state index contributed by atoms with van der Waals surface area (Å²) in [5.74, 6) is 0.120. The lowest BCUT2D eigenvalue weighted by Crippen LogP contribution is -2.47. The molecule has 44 heavy (non-hydrogen) atoms. The molecule has 0 bridgehead atoms. The number of likely N-dealkylation sites (N-methyl/N-ethyl adjacent to an activating group) is 2. The van der Waals surface area contributed by atoms with Crippen LogP contribution >= 0.6 is 0 Å². The van der Waals surface area contributed by atoms with Gasteiger partial charge in [0.05, 0.1) is 30.3 Å². The number of rotatable bonds is 13. The highest BCUT2D eigenvalue weighted by Crippen LogP contribution is 2.35. The highest BCUT2D eigenvalue weighted by molar-refractivity contribution is 7.92. The zero-order valence-electron chi connectivity index (χ0n) is 26.3. The van der Waals surface area contributed by atoms with Crippen molar-refractivity contribution >= 4 is 33.2 Å². The molecular weight excluding hydrogens is 580 g/mol. The van der Waals surface area contributed by atoms with E-state index in [0.717, 1.165) is 34.1 Å². The summed E-state index contributed by atoms with van der Waals surface area (Å²) in [6, 6.07) is 18.4. The first kappa shape index (κ1) is 33.0. The Kier molecular flexibility index (Phi) is 10.7. The van der Waals surface area contributed by atoms with Crippen molar-refractivity contribution in [1.29, 1.82) is 0 Å². The van der Waals surface area contributed by atoms with Crippen LogP contribution in [0.15, 0.2) is 60.7 Å². The minimum absolute atomic E-state index is 0.115. The van der Waals surface area contributed by atoms with Gasteiger partial charge in [-0.15, -0.1) is 0 Å². The van der Waals surface area contributed by atoms with E-state index in [2.05, 4.69) is 9.62 Å². The lowest BCUT2D eigenvalue weighted by molar-refractivity contribution is -0.133. The van der Waals surface area contributed by atoms with E-state index in [4.69, 9.17) is 9.47 Å². The number of para-hydroxylation sites is 1. The average Bonchev–Trinajstić information content (AvgIpc) is 2.98. The van der Waals surface area contributed by atoms with Gasteiger partial charge in [-0.3, -0.25) is 19.2 Å². The van der Waals surface area contributed by atoms with Gasteiger partial charge >= 0.3 is 0 Å². The van der Waals surface area contributed by atoms with Crippen LogP contribution in [0, 0.1) is 13.8 Å². The lowest BCUT2D eigenvalue weighted by Gasteiger charge is -2.35. The number of carbonyl (C=O) groups is 2. The van der Waals surface area contributed by atoms with Crippen LogP contribution in [-0.2, 0) is 24.3 Å². The maximum Gasteiger partial charge on any atom is 0.265 e. The second-order valence-electron chi connectivity index (χ2n) is 11.2. The second kappa shape index (κ2) is 14.2.